The van der Waals surface area contributed by atoms with Crippen LogP contribution < -0.4 is 10.1 Å². The van der Waals surface area contributed by atoms with Crippen molar-refractivity contribution in [3.8, 4) is 11.5 Å². The highest BCUT2D eigenvalue weighted by molar-refractivity contribution is 6.13. The first kappa shape index (κ1) is 29.8. The third-order valence-corrected chi connectivity index (χ3v) is 11.1. The van der Waals surface area contributed by atoms with Gasteiger partial charge in [0.1, 0.15) is 17.7 Å². The lowest BCUT2D eigenvalue weighted by molar-refractivity contribution is 0.314. The molecular weight excluding hydrogens is 623 g/mol. The second kappa shape index (κ2) is 11.7. The normalized spacial score (nSPS) is 22.5. The molecule has 3 heterocycles. The Kier molecular flexibility index (Phi) is 6.85. The Balaban J connectivity index is 1.07. The Labute approximate surface area is 299 Å². The first-order valence-corrected chi connectivity index (χ1v) is 17.9. The molecule has 2 aliphatic carbocycles. The average Bonchev–Trinajstić information content (AvgIpc) is 3.49. The maximum absolute atomic E-state index is 6.71. The largest absolute Gasteiger partial charge is 0.457 e. The van der Waals surface area contributed by atoms with Crippen molar-refractivity contribution in [1.29, 1.82) is 0 Å². The third-order valence-electron chi connectivity index (χ3n) is 11.1. The highest BCUT2D eigenvalue weighted by Gasteiger charge is 2.52. The van der Waals surface area contributed by atoms with E-state index in [1.807, 2.05) is 0 Å². The molecule has 0 saturated carbocycles. The number of dihydropyridines is 1. The van der Waals surface area contributed by atoms with E-state index >= 15 is 0 Å². The quantitative estimate of drug-likeness (QED) is 0.209. The van der Waals surface area contributed by atoms with Gasteiger partial charge in [0.2, 0.25) is 0 Å². The van der Waals surface area contributed by atoms with Crippen molar-refractivity contribution in [2.45, 2.75) is 30.5 Å². The molecular formula is C47H37N3O. The monoisotopic (exact) mass is 659 g/mol. The number of hydrogen-bond acceptors (Lipinski definition) is 4. The lowest BCUT2D eigenvalue weighted by Gasteiger charge is -2.41. The molecule has 246 valence electrons. The molecule has 3 unspecified atom stereocenters. The summed E-state index contributed by atoms with van der Waals surface area (Å²) in [5.41, 5.74) is 14.1. The van der Waals surface area contributed by atoms with Gasteiger partial charge in [-0.2, -0.15) is 0 Å². The van der Waals surface area contributed by atoms with Gasteiger partial charge in [-0.1, -0.05) is 127 Å². The van der Waals surface area contributed by atoms with Crippen LogP contribution in [0.5, 0.6) is 11.5 Å². The van der Waals surface area contributed by atoms with Crippen LogP contribution in [0.15, 0.2) is 174 Å². The molecule has 0 saturated heterocycles. The van der Waals surface area contributed by atoms with Gasteiger partial charge in [0.25, 0.3) is 0 Å². The molecule has 0 aromatic heterocycles. The summed E-state index contributed by atoms with van der Waals surface area (Å²) in [5, 5.41) is 3.93. The molecule has 5 aromatic carbocycles. The van der Waals surface area contributed by atoms with Crippen molar-refractivity contribution in [2.24, 2.45) is 4.99 Å². The molecule has 0 amide bonds. The van der Waals surface area contributed by atoms with Crippen LogP contribution in [0.25, 0.3) is 17.0 Å². The van der Waals surface area contributed by atoms with Gasteiger partial charge >= 0.3 is 0 Å². The number of allylic oxidation sites excluding steroid dienone is 7. The third kappa shape index (κ3) is 4.56. The molecule has 4 nitrogen and oxygen atoms in total. The summed E-state index contributed by atoms with van der Waals surface area (Å²) >= 11 is 0. The molecule has 5 aromatic rings. The Morgan fingerprint density at radius 2 is 1.47 bits per heavy atom. The van der Waals surface area contributed by atoms with Gasteiger partial charge < -0.3 is 15.0 Å². The van der Waals surface area contributed by atoms with Gasteiger partial charge in [-0.05, 0) is 88.2 Å². The number of likely N-dealkylation sites (N-methyl/N-ethyl adjacent to an activating group) is 1. The fourth-order valence-corrected chi connectivity index (χ4v) is 8.83. The molecule has 0 bridgehead atoms. The molecule has 0 fully saturated rings. The van der Waals surface area contributed by atoms with E-state index in [1.165, 1.54) is 39.0 Å². The van der Waals surface area contributed by atoms with E-state index in [4.69, 9.17) is 9.73 Å². The maximum Gasteiger partial charge on any atom is 0.145 e. The Bertz CT molecular complexity index is 2400. The predicted octanol–water partition coefficient (Wildman–Crippen LogP) is 9.91. The first-order chi connectivity index (χ1) is 25.2. The Morgan fingerprint density at radius 1 is 0.745 bits per heavy atom. The van der Waals surface area contributed by atoms with Crippen molar-refractivity contribution in [2.75, 3.05) is 7.05 Å². The molecule has 1 N–H and O–H groups in total. The van der Waals surface area contributed by atoms with Crippen LogP contribution in [-0.2, 0) is 5.41 Å². The molecule has 0 radical (unpaired) electrons. The number of rotatable bonds is 4. The highest BCUT2D eigenvalue weighted by Crippen LogP contribution is 2.62. The van der Waals surface area contributed by atoms with E-state index in [2.05, 4.69) is 181 Å². The summed E-state index contributed by atoms with van der Waals surface area (Å²) in [4.78, 5) is 7.68. The molecule has 5 aliphatic rings. The minimum absolute atomic E-state index is 0.0640. The van der Waals surface area contributed by atoms with Gasteiger partial charge in [-0.3, -0.25) is 4.99 Å². The number of aliphatic imine (C=N–C) groups is 1. The van der Waals surface area contributed by atoms with Gasteiger partial charge in [-0.25, -0.2) is 0 Å². The standard InChI is InChI=1S/C47H37N3O/c1-50-43(32-17-6-3-7-18-32)30-42(31-15-4-2-5-16-31)49-46(50)41-25-14-24-40(48-41)33-27-28-45-39(29-33)47(38-23-12-13-26-44(38)51-45)36-21-10-8-19-34(36)35-20-9-11-22-37(35)47/h2-8,10-19,21-30,41,46,48H,9,20H2,1H3. The molecule has 51 heavy (non-hydrogen) atoms. The van der Waals surface area contributed by atoms with Gasteiger partial charge in [0.05, 0.1) is 17.2 Å². The van der Waals surface area contributed by atoms with Gasteiger partial charge in [0, 0.05) is 29.6 Å². The molecule has 4 heteroatoms. The van der Waals surface area contributed by atoms with E-state index in [9.17, 15) is 0 Å². The summed E-state index contributed by atoms with van der Waals surface area (Å²) in [6, 6.07) is 45.4. The average molecular weight is 660 g/mol. The lowest BCUT2D eigenvalue weighted by atomic mass is 9.64. The molecule has 3 atom stereocenters. The van der Waals surface area contributed by atoms with Crippen molar-refractivity contribution in [3.63, 3.8) is 0 Å². The Hall–Kier alpha value is -6.13. The number of nitrogens with one attached hydrogen (secondary N) is 1. The number of benzene rings is 5. The Morgan fingerprint density at radius 3 is 2.31 bits per heavy atom. The number of fused-ring (bicyclic) bond motifs is 8. The zero-order valence-electron chi connectivity index (χ0n) is 28.5. The van der Waals surface area contributed by atoms with Crippen LogP contribution in [0.1, 0.15) is 51.8 Å². The minimum Gasteiger partial charge on any atom is -0.457 e. The highest BCUT2D eigenvalue weighted by atomic mass is 16.5. The fourth-order valence-electron chi connectivity index (χ4n) is 8.83. The molecule has 10 rings (SSSR count). The summed E-state index contributed by atoms with van der Waals surface area (Å²) in [5.74, 6) is 1.83. The predicted molar refractivity (Wildman–Crippen MR) is 208 cm³/mol. The van der Waals surface area contributed by atoms with E-state index in [1.54, 1.807) is 0 Å². The van der Waals surface area contributed by atoms with Crippen molar-refractivity contribution >= 4 is 22.7 Å². The maximum atomic E-state index is 6.71. The smallest absolute Gasteiger partial charge is 0.145 e. The van der Waals surface area contributed by atoms with Crippen LogP contribution in [0.4, 0.5) is 0 Å². The zero-order valence-corrected chi connectivity index (χ0v) is 28.5. The summed E-state index contributed by atoms with van der Waals surface area (Å²) in [7, 11) is 2.15. The van der Waals surface area contributed by atoms with Crippen LogP contribution >= 0.6 is 0 Å². The SMILES string of the molecule is CN1C(c2ccccc2)=CC(c2ccccc2)=NC1C1C=CC=C(c2ccc3c(c2)C2(C4=C(CCC=C4)c4ccccc42)c2ccccc2O3)N1. The second-order valence-electron chi connectivity index (χ2n) is 13.9. The van der Waals surface area contributed by atoms with E-state index in [0.717, 1.165) is 52.6 Å². The van der Waals surface area contributed by atoms with Crippen LogP contribution in [0.2, 0.25) is 0 Å². The van der Waals surface area contributed by atoms with Crippen LogP contribution in [0, 0.1) is 0 Å². The molecule has 3 aliphatic heterocycles. The van der Waals surface area contributed by atoms with E-state index in [0.29, 0.717) is 0 Å². The number of hydrogen-bond donors (Lipinski definition) is 1. The number of nitrogens with zero attached hydrogens (tertiary/aromatic N) is 2. The molecule has 1 spiro atoms. The van der Waals surface area contributed by atoms with Crippen molar-refractivity contribution in [3.05, 3.63) is 208 Å². The van der Waals surface area contributed by atoms with Crippen LogP contribution in [0.3, 0.4) is 0 Å². The summed E-state index contributed by atoms with van der Waals surface area (Å²) < 4.78 is 6.71. The second-order valence-corrected chi connectivity index (χ2v) is 13.9. The van der Waals surface area contributed by atoms with Crippen LogP contribution in [-0.4, -0.2) is 29.9 Å². The number of ether oxygens (including phenoxy) is 1. The van der Waals surface area contributed by atoms with Gasteiger partial charge in [-0.15, -0.1) is 0 Å². The summed E-state index contributed by atoms with van der Waals surface area (Å²) in [6.07, 6.45) is 15.5. The summed E-state index contributed by atoms with van der Waals surface area (Å²) in [6.45, 7) is 0. The minimum atomic E-state index is -0.457. The topological polar surface area (TPSA) is 36.9 Å². The van der Waals surface area contributed by atoms with Crippen molar-refractivity contribution in [1.82, 2.24) is 10.2 Å². The van der Waals surface area contributed by atoms with E-state index in [-0.39, 0.29) is 12.2 Å². The lowest BCUT2D eigenvalue weighted by Crippen LogP contribution is -2.48. The van der Waals surface area contributed by atoms with Crippen molar-refractivity contribution < 1.29 is 4.74 Å². The zero-order chi connectivity index (χ0) is 33.9. The first-order valence-electron chi connectivity index (χ1n) is 17.9. The van der Waals surface area contributed by atoms with Gasteiger partial charge in [0.15, 0.2) is 0 Å². The van der Waals surface area contributed by atoms with E-state index < -0.39 is 5.41 Å². The fraction of sp³-hybridized carbons (Fsp3) is 0.128. The number of para-hydroxylation sites is 1.